The normalized spacial score (nSPS) is 10.4. The Morgan fingerprint density at radius 3 is 2.71 bits per heavy atom. The van der Waals surface area contributed by atoms with Crippen LogP contribution in [0.1, 0.15) is 11.1 Å². The van der Waals surface area contributed by atoms with Crippen LogP contribution in [0.4, 0.5) is 11.5 Å². The van der Waals surface area contributed by atoms with Crippen LogP contribution in [-0.4, -0.2) is 9.97 Å². The van der Waals surface area contributed by atoms with Gasteiger partial charge in [-0.25, -0.2) is 9.97 Å². The van der Waals surface area contributed by atoms with Crippen LogP contribution in [0.5, 0.6) is 0 Å². The van der Waals surface area contributed by atoms with Crippen molar-refractivity contribution >= 4 is 39.0 Å². The Balaban J connectivity index is 2.31. The zero-order valence-electron chi connectivity index (χ0n) is 9.46. The molecule has 5 heteroatoms. The lowest BCUT2D eigenvalue weighted by Gasteiger charge is -2.09. The fraction of sp³-hybridized carbons (Fsp3) is 0.167. The van der Waals surface area contributed by atoms with Gasteiger partial charge in [-0.1, -0.05) is 15.9 Å². The smallest absolute Gasteiger partial charge is 0.224 e. The third-order valence-corrected chi connectivity index (χ3v) is 3.43. The molecular weight excluding hydrogens is 302 g/mol. The van der Waals surface area contributed by atoms with Crippen LogP contribution in [-0.2, 0) is 0 Å². The van der Waals surface area contributed by atoms with Gasteiger partial charge in [-0.15, -0.1) is 0 Å². The summed E-state index contributed by atoms with van der Waals surface area (Å²) in [6, 6.07) is 6.02. The van der Waals surface area contributed by atoms with Gasteiger partial charge < -0.3 is 5.32 Å². The summed E-state index contributed by atoms with van der Waals surface area (Å²) in [6.07, 6.45) is 1.70. The molecule has 0 atom stereocenters. The number of rotatable bonds is 2. The number of hydrogen-bond donors (Lipinski definition) is 1. The number of aromatic nitrogens is 2. The molecule has 1 heterocycles. The van der Waals surface area contributed by atoms with Crippen LogP contribution in [0, 0.1) is 13.8 Å². The molecule has 0 spiro atoms. The zero-order valence-corrected chi connectivity index (χ0v) is 11.8. The van der Waals surface area contributed by atoms with Crippen molar-refractivity contribution < 1.29 is 0 Å². The first kappa shape index (κ1) is 12.3. The lowest BCUT2D eigenvalue weighted by atomic mass is 10.2. The molecule has 88 valence electrons. The summed E-state index contributed by atoms with van der Waals surface area (Å²) >= 11 is 9.24. The lowest BCUT2D eigenvalue weighted by molar-refractivity contribution is 1.13. The second kappa shape index (κ2) is 5.02. The summed E-state index contributed by atoms with van der Waals surface area (Å²) in [5, 5.41) is 3.47. The molecule has 1 aromatic heterocycles. The summed E-state index contributed by atoms with van der Waals surface area (Å²) in [7, 11) is 0. The van der Waals surface area contributed by atoms with Crippen LogP contribution < -0.4 is 5.32 Å². The molecule has 0 radical (unpaired) electrons. The molecule has 0 aliphatic rings. The second-order valence-corrected chi connectivity index (χ2v) is 4.95. The molecule has 2 aromatic rings. The van der Waals surface area contributed by atoms with Gasteiger partial charge in [-0.05, 0) is 49.2 Å². The number of nitrogens with one attached hydrogen (secondary N) is 1. The Morgan fingerprint density at radius 2 is 2.00 bits per heavy atom. The fourth-order valence-corrected chi connectivity index (χ4v) is 1.79. The average Bonchev–Trinajstić information content (AvgIpc) is 2.29. The molecule has 1 N–H and O–H groups in total. The third kappa shape index (κ3) is 2.96. The highest BCUT2D eigenvalue weighted by Crippen LogP contribution is 2.23. The van der Waals surface area contributed by atoms with Crippen LogP contribution >= 0.6 is 27.5 Å². The van der Waals surface area contributed by atoms with Crippen molar-refractivity contribution in [2.75, 3.05) is 5.32 Å². The molecule has 0 amide bonds. The maximum absolute atomic E-state index is 5.77. The first-order valence-electron chi connectivity index (χ1n) is 5.08. The summed E-state index contributed by atoms with van der Waals surface area (Å²) in [5.41, 5.74) is 3.09. The van der Waals surface area contributed by atoms with Crippen molar-refractivity contribution in [2.45, 2.75) is 13.8 Å². The van der Waals surface area contributed by atoms with Gasteiger partial charge >= 0.3 is 0 Å². The van der Waals surface area contributed by atoms with Gasteiger partial charge in [0.05, 0.1) is 0 Å². The van der Waals surface area contributed by atoms with Crippen LogP contribution in [0.3, 0.4) is 0 Å². The number of nitrogens with zero attached hydrogens (tertiary/aromatic N) is 2. The summed E-state index contributed by atoms with van der Waals surface area (Å²) < 4.78 is 1.08. The van der Waals surface area contributed by atoms with E-state index in [1.54, 1.807) is 6.20 Å². The highest BCUT2D eigenvalue weighted by molar-refractivity contribution is 9.10. The summed E-state index contributed by atoms with van der Waals surface area (Å²) in [6.45, 7) is 3.97. The van der Waals surface area contributed by atoms with Gasteiger partial charge in [0, 0.05) is 21.9 Å². The molecule has 0 saturated carbocycles. The molecule has 17 heavy (non-hydrogen) atoms. The maximum atomic E-state index is 5.77. The predicted molar refractivity (Wildman–Crippen MR) is 73.9 cm³/mol. The van der Waals surface area contributed by atoms with E-state index in [1.807, 2.05) is 32.0 Å². The van der Waals surface area contributed by atoms with Crippen molar-refractivity contribution in [3.63, 3.8) is 0 Å². The monoisotopic (exact) mass is 311 g/mol. The predicted octanol–water partition coefficient (Wildman–Crippen LogP) is 4.25. The van der Waals surface area contributed by atoms with E-state index in [0.29, 0.717) is 0 Å². The Kier molecular flexibility index (Phi) is 3.64. The molecule has 1 aromatic carbocycles. The molecule has 0 fully saturated rings. The lowest BCUT2D eigenvalue weighted by Crippen LogP contribution is -1.98. The average molecular weight is 313 g/mol. The van der Waals surface area contributed by atoms with Gasteiger partial charge in [-0.2, -0.15) is 0 Å². The third-order valence-electron chi connectivity index (χ3n) is 2.36. The number of halogens is 2. The van der Waals surface area contributed by atoms with Gasteiger partial charge in [0.15, 0.2) is 0 Å². The van der Waals surface area contributed by atoms with Crippen LogP contribution in [0.15, 0.2) is 28.9 Å². The molecule has 0 aliphatic heterocycles. The first-order chi connectivity index (χ1) is 8.06. The first-order valence-corrected chi connectivity index (χ1v) is 6.25. The van der Waals surface area contributed by atoms with E-state index in [4.69, 9.17) is 11.6 Å². The standard InChI is InChI=1S/C12H11BrClN3/c1-7-5-9(3-4-10(7)13)16-11-8(2)6-15-12(14)17-11/h3-6H,1-2H3,(H,15,16,17). The minimum absolute atomic E-state index is 0.243. The minimum atomic E-state index is 0.243. The molecule has 2 rings (SSSR count). The van der Waals surface area contributed by atoms with Gasteiger partial charge in [0.2, 0.25) is 5.28 Å². The van der Waals surface area contributed by atoms with Gasteiger partial charge in [0.25, 0.3) is 0 Å². The molecule has 0 aliphatic carbocycles. The van der Waals surface area contributed by atoms with E-state index in [0.717, 1.165) is 27.1 Å². The van der Waals surface area contributed by atoms with Gasteiger partial charge in [0.1, 0.15) is 5.82 Å². The Bertz CT molecular complexity index is 557. The summed E-state index contributed by atoms with van der Waals surface area (Å²) in [5.74, 6) is 0.728. The van der Waals surface area contributed by atoms with E-state index < -0.39 is 0 Å². The van der Waals surface area contributed by atoms with Crippen molar-refractivity contribution in [3.05, 3.63) is 45.3 Å². The van der Waals surface area contributed by atoms with E-state index in [9.17, 15) is 0 Å². The van der Waals surface area contributed by atoms with E-state index >= 15 is 0 Å². The topological polar surface area (TPSA) is 37.8 Å². The number of aryl methyl sites for hydroxylation is 2. The van der Waals surface area contributed by atoms with E-state index in [-0.39, 0.29) is 5.28 Å². The SMILES string of the molecule is Cc1cc(Nc2nc(Cl)ncc2C)ccc1Br. The molecule has 0 unspecified atom stereocenters. The summed E-state index contributed by atoms with van der Waals surface area (Å²) in [4.78, 5) is 8.07. The van der Waals surface area contributed by atoms with Crippen molar-refractivity contribution in [1.82, 2.24) is 9.97 Å². The zero-order chi connectivity index (χ0) is 12.4. The van der Waals surface area contributed by atoms with Gasteiger partial charge in [-0.3, -0.25) is 0 Å². The molecule has 3 nitrogen and oxygen atoms in total. The molecule has 0 bridgehead atoms. The van der Waals surface area contributed by atoms with Crippen molar-refractivity contribution in [3.8, 4) is 0 Å². The Morgan fingerprint density at radius 1 is 1.24 bits per heavy atom. The largest absolute Gasteiger partial charge is 0.340 e. The van der Waals surface area contributed by atoms with Crippen LogP contribution in [0.2, 0.25) is 5.28 Å². The van der Waals surface area contributed by atoms with Crippen molar-refractivity contribution in [2.24, 2.45) is 0 Å². The highest BCUT2D eigenvalue weighted by Gasteiger charge is 2.04. The second-order valence-electron chi connectivity index (χ2n) is 3.76. The van der Waals surface area contributed by atoms with E-state index in [2.05, 4.69) is 31.2 Å². The Labute approximate surface area is 113 Å². The fourth-order valence-electron chi connectivity index (χ4n) is 1.41. The quantitative estimate of drug-likeness (QED) is 0.842. The minimum Gasteiger partial charge on any atom is -0.340 e. The number of hydrogen-bond acceptors (Lipinski definition) is 3. The highest BCUT2D eigenvalue weighted by atomic mass is 79.9. The number of anilines is 2. The Hall–Kier alpha value is -1.13. The maximum Gasteiger partial charge on any atom is 0.224 e. The van der Waals surface area contributed by atoms with E-state index in [1.165, 1.54) is 0 Å². The molecular formula is C12H11BrClN3. The number of benzene rings is 1. The van der Waals surface area contributed by atoms with Crippen molar-refractivity contribution in [1.29, 1.82) is 0 Å². The van der Waals surface area contributed by atoms with Crippen LogP contribution in [0.25, 0.3) is 0 Å². The molecule has 0 saturated heterocycles.